The molecule has 1 aliphatic rings. The lowest BCUT2D eigenvalue weighted by Crippen LogP contribution is -2.27. The first kappa shape index (κ1) is 14.2. The number of amides is 2. The minimum Gasteiger partial charge on any atom is -0.444 e. The Morgan fingerprint density at radius 3 is 2.35 bits per heavy atom. The Kier molecular flexibility index (Phi) is 3.87. The first-order chi connectivity index (χ1) is 9.33. The molecule has 0 spiro atoms. The highest BCUT2D eigenvalue weighted by molar-refractivity contribution is 5.93. The molecular weight excluding hydrogens is 260 g/mol. The van der Waals surface area contributed by atoms with Gasteiger partial charge in [0.05, 0.1) is 0 Å². The number of hydrogen-bond donors (Lipinski definition) is 2. The first-order valence-electron chi connectivity index (χ1n) is 6.46. The highest BCUT2D eigenvalue weighted by atomic mass is 16.6. The Hall–Kier alpha value is -2.18. The summed E-state index contributed by atoms with van der Waals surface area (Å²) in [5.74, 6) is 0.683. The maximum absolute atomic E-state index is 11.6. The molecule has 2 N–H and O–H groups in total. The van der Waals surface area contributed by atoms with E-state index in [-0.39, 0.29) is 17.6 Å². The standard InChI is InChI=1S/C13H18N4O3/c1-13(2,3)20-12(19)17-10-6-9(14-7-15-10)16-11(18)8-4-5-8/h6-8H,4-5H2,1-3H3,(H2,14,15,16,17,18,19). The van der Waals surface area contributed by atoms with Gasteiger partial charge in [-0.3, -0.25) is 10.1 Å². The third-order valence-corrected chi connectivity index (χ3v) is 2.50. The molecule has 1 saturated carbocycles. The van der Waals surface area contributed by atoms with Crippen LogP contribution in [0.25, 0.3) is 0 Å². The highest BCUT2D eigenvalue weighted by Gasteiger charge is 2.29. The summed E-state index contributed by atoms with van der Waals surface area (Å²) in [5.41, 5.74) is -0.583. The van der Waals surface area contributed by atoms with Crippen LogP contribution in [-0.2, 0) is 9.53 Å². The van der Waals surface area contributed by atoms with Crippen molar-refractivity contribution in [1.82, 2.24) is 9.97 Å². The topological polar surface area (TPSA) is 93.2 Å². The maximum Gasteiger partial charge on any atom is 0.413 e. The van der Waals surface area contributed by atoms with Crippen molar-refractivity contribution in [1.29, 1.82) is 0 Å². The van der Waals surface area contributed by atoms with Crippen molar-refractivity contribution in [2.75, 3.05) is 10.6 Å². The van der Waals surface area contributed by atoms with Gasteiger partial charge in [0, 0.05) is 12.0 Å². The molecule has 0 aromatic carbocycles. The molecule has 0 atom stereocenters. The van der Waals surface area contributed by atoms with Gasteiger partial charge in [-0.15, -0.1) is 0 Å². The fourth-order valence-corrected chi connectivity index (χ4v) is 1.48. The van der Waals surface area contributed by atoms with Crippen molar-refractivity contribution in [2.45, 2.75) is 39.2 Å². The van der Waals surface area contributed by atoms with Gasteiger partial charge in [0.15, 0.2) is 0 Å². The first-order valence-corrected chi connectivity index (χ1v) is 6.46. The van der Waals surface area contributed by atoms with E-state index in [0.29, 0.717) is 5.82 Å². The van der Waals surface area contributed by atoms with Crippen LogP contribution in [0.15, 0.2) is 12.4 Å². The Labute approximate surface area is 117 Å². The van der Waals surface area contributed by atoms with Crippen LogP contribution in [-0.4, -0.2) is 27.6 Å². The lowest BCUT2D eigenvalue weighted by atomic mass is 10.2. The van der Waals surface area contributed by atoms with Gasteiger partial charge in [0.25, 0.3) is 0 Å². The Bertz CT molecular complexity index is 521. The molecular formula is C13H18N4O3. The predicted molar refractivity (Wildman–Crippen MR) is 73.2 cm³/mol. The van der Waals surface area contributed by atoms with Crippen molar-refractivity contribution in [3.63, 3.8) is 0 Å². The van der Waals surface area contributed by atoms with E-state index in [9.17, 15) is 9.59 Å². The average molecular weight is 278 g/mol. The van der Waals surface area contributed by atoms with Crippen LogP contribution in [0.1, 0.15) is 33.6 Å². The third kappa shape index (κ3) is 4.49. The minimum absolute atomic E-state index is 0.0491. The largest absolute Gasteiger partial charge is 0.444 e. The van der Waals surface area contributed by atoms with Gasteiger partial charge in [0.1, 0.15) is 23.6 Å². The number of nitrogens with one attached hydrogen (secondary N) is 2. The lowest BCUT2D eigenvalue weighted by Gasteiger charge is -2.19. The number of ether oxygens (including phenoxy) is 1. The van der Waals surface area contributed by atoms with Crippen molar-refractivity contribution in [3.05, 3.63) is 12.4 Å². The van der Waals surface area contributed by atoms with Crippen LogP contribution in [0.4, 0.5) is 16.4 Å². The maximum atomic E-state index is 11.6. The summed E-state index contributed by atoms with van der Waals surface area (Å²) in [6, 6.07) is 1.49. The second kappa shape index (κ2) is 5.44. The zero-order chi connectivity index (χ0) is 14.8. The molecule has 2 rings (SSSR count). The van der Waals surface area contributed by atoms with E-state index in [2.05, 4.69) is 20.6 Å². The quantitative estimate of drug-likeness (QED) is 0.883. The normalized spacial score (nSPS) is 14.6. The van der Waals surface area contributed by atoms with Crippen LogP contribution < -0.4 is 10.6 Å². The molecule has 0 unspecified atom stereocenters. The zero-order valence-electron chi connectivity index (χ0n) is 11.8. The molecule has 1 fully saturated rings. The summed E-state index contributed by atoms with van der Waals surface area (Å²) in [6.45, 7) is 5.32. The number of anilines is 2. The number of hydrogen-bond acceptors (Lipinski definition) is 5. The zero-order valence-corrected chi connectivity index (χ0v) is 11.8. The Balaban J connectivity index is 1.95. The monoisotopic (exact) mass is 278 g/mol. The smallest absolute Gasteiger partial charge is 0.413 e. The molecule has 20 heavy (non-hydrogen) atoms. The van der Waals surface area contributed by atoms with E-state index in [4.69, 9.17) is 4.74 Å². The Morgan fingerprint density at radius 1 is 1.20 bits per heavy atom. The van der Waals surface area contributed by atoms with Gasteiger partial charge in [-0.05, 0) is 33.6 Å². The summed E-state index contributed by atoms with van der Waals surface area (Å²) in [6.07, 6.45) is 2.50. The molecule has 7 heteroatoms. The van der Waals surface area contributed by atoms with E-state index in [1.165, 1.54) is 12.4 Å². The van der Waals surface area contributed by atoms with Crippen molar-refractivity contribution in [2.24, 2.45) is 5.92 Å². The summed E-state index contributed by atoms with van der Waals surface area (Å²) in [4.78, 5) is 31.1. The van der Waals surface area contributed by atoms with E-state index < -0.39 is 11.7 Å². The van der Waals surface area contributed by atoms with Gasteiger partial charge >= 0.3 is 6.09 Å². The summed E-state index contributed by atoms with van der Waals surface area (Å²) in [7, 11) is 0. The fraction of sp³-hybridized carbons (Fsp3) is 0.538. The van der Waals surface area contributed by atoms with Gasteiger partial charge in [0.2, 0.25) is 5.91 Å². The van der Waals surface area contributed by atoms with Crippen molar-refractivity contribution in [3.8, 4) is 0 Å². The van der Waals surface area contributed by atoms with Gasteiger partial charge < -0.3 is 10.1 Å². The van der Waals surface area contributed by atoms with Gasteiger partial charge in [-0.1, -0.05) is 0 Å². The number of nitrogens with zero attached hydrogens (tertiary/aromatic N) is 2. The molecule has 108 valence electrons. The molecule has 1 heterocycles. The van der Waals surface area contributed by atoms with Gasteiger partial charge in [-0.2, -0.15) is 0 Å². The van der Waals surface area contributed by atoms with Crippen LogP contribution in [0.2, 0.25) is 0 Å². The Morgan fingerprint density at radius 2 is 1.80 bits per heavy atom. The predicted octanol–water partition coefficient (Wildman–Crippen LogP) is 2.17. The van der Waals surface area contributed by atoms with E-state index in [1.807, 2.05) is 0 Å². The molecule has 2 amide bonds. The molecule has 1 aromatic rings. The summed E-state index contributed by atoms with van der Waals surface area (Å²) < 4.78 is 5.11. The van der Waals surface area contributed by atoms with Gasteiger partial charge in [-0.25, -0.2) is 14.8 Å². The third-order valence-electron chi connectivity index (χ3n) is 2.50. The van der Waals surface area contributed by atoms with E-state index in [0.717, 1.165) is 12.8 Å². The molecule has 7 nitrogen and oxygen atoms in total. The van der Waals surface area contributed by atoms with Crippen LogP contribution >= 0.6 is 0 Å². The molecule has 0 radical (unpaired) electrons. The average Bonchev–Trinajstić information content (AvgIpc) is 3.09. The van der Waals surface area contributed by atoms with E-state index >= 15 is 0 Å². The number of carbonyl (C=O) groups excluding carboxylic acids is 2. The molecule has 0 bridgehead atoms. The second-order valence-electron chi connectivity index (χ2n) is 5.68. The molecule has 0 saturated heterocycles. The van der Waals surface area contributed by atoms with Crippen LogP contribution in [0.5, 0.6) is 0 Å². The fourth-order valence-electron chi connectivity index (χ4n) is 1.48. The lowest BCUT2D eigenvalue weighted by molar-refractivity contribution is -0.117. The number of rotatable bonds is 3. The van der Waals surface area contributed by atoms with Crippen LogP contribution in [0, 0.1) is 5.92 Å². The highest BCUT2D eigenvalue weighted by Crippen LogP contribution is 2.30. The number of aromatic nitrogens is 2. The summed E-state index contributed by atoms with van der Waals surface area (Å²) >= 11 is 0. The number of carbonyl (C=O) groups is 2. The molecule has 1 aliphatic carbocycles. The second-order valence-corrected chi connectivity index (χ2v) is 5.68. The van der Waals surface area contributed by atoms with Crippen molar-refractivity contribution < 1.29 is 14.3 Å². The SMILES string of the molecule is CC(C)(C)OC(=O)Nc1cc(NC(=O)C2CC2)ncn1. The van der Waals surface area contributed by atoms with E-state index in [1.54, 1.807) is 20.8 Å². The minimum atomic E-state index is -0.601. The molecule has 0 aliphatic heterocycles. The summed E-state index contributed by atoms with van der Waals surface area (Å²) in [5, 5.41) is 5.18. The van der Waals surface area contributed by atoms with Crippen molar-refractivity contribution >= 4 is 23.6 Å². The van der Waals surface area contributed by atoms with Crippen LogP contribution in [0.3, 0.4) is 0 Å². The molecule has 1 aromatic heterocycles.